The van der Waals surface area contributed by atoms with Crippen molar-refractivity contribution in [3.63, 3.8) is 0 Å². The molecule has 3 aromatic carbocycles. The molecule has 0 aliphatic carbocycles. The third-order valence-electron chi connectivity index (χ3n) is 3.68. The highest BCUT2D eigenvalue weighted by atomic mass is 32.1. The zero-order valence-corrected chi connectivity index (χ0v) is 14.3. The first kappa shape index (κ1) is 17.4. The number of thiocarbonyl (C=S) groups is 1. The predicted octanol–water partition coefficient (Wildman–Crippen LogP) is 3.56. The summed E-state index contributed by atoms with van der Waals surface area (Å²) in [6, 6.07) is 17.8. The molecule has 130 valence electrons. The highest BCUT2D eigenvalue weighted by molar-refractivity contribution is 7.80. The van der Waals surface area contributed by atoms with E-state index in [1.54, 1.807) is 0 Å². The molecule has 0 aliphatic heterocycles. The van der Waals surface area contributed by atoms with Gasteiger partial charge in [-0.3, -0.25) is 5.43 Å². The van der Waals surface area contributed by atoms with Crippen molar-refractivity contribution >= 4 is 46.0 Å². The minimum atomic E-state index is -1.11. The average molecular weight is 365 g/mol. The van der Waals surface area contributed by atoms with Gasteiger partial charge in [0.05, 0.1) is 11.8 Å². The molecule has 0 unspecified atom stereocenters. The first-order chi connectivity index (χ1) is 12.5. The number of carboxylic acid groups (broad SMARTS) is 1. The van der Waals surface area contributed by atoms with Crippen LogP contribution in [0.5, 0.6) is 5.75 Å². The number of fused-ring (bicyclic) bond motifs is 1. The van der Waals surface area contributed by atoms with Crippen LogP contribution >= 0.6 is 12.2 Å². The Labute approximate surface area is 154 Å². The van der Waals surface area contributed by atoms with E-state index >= 15 is 0 Å². The molecule has 0 fully saturated rings. The van der Waals surface area contributed by atoms with E-state index in [4.69, 9.17) is 17.3 Å². The fraction of sp³-hybridized carbons (Fsp3) is 0. The first-order valence-electron chi connectivity index (χ1n) is 7.69. The molecule has 0 spiro atoms. The fourth-order valence-corrected chi connectivity index (χ4v) is 2.59. The van der Waals surface area contributed by atoms with E-state index in [1.807, 2.05) is 42.5 Å². The number of hydrazone groups is 1. The second-order valence-corrected chi connectivity index (χ2v) is 5.84. The van der Waals surface area contributed by atoms with Crippen molar-refractivity contribution in [2.24, 2.45) is 5.10 Å². The standard InChI is InChI=1S/C19H15N3O3S/c23-17-10-13(18(24)25)8-9-14(17)11-20-22-19(26)21-16-7-3-5-12-4-1-2-6-15(12)16/h1-11,23H,(H,24,25)(H2,21,22,26)/b20-11+. The second kappa shape index (κ2) is 7.62. The lowest BCUT2D eigenvalue weighted by atomic mass is 10.1. The molecule has 4 N–H and O–H groups in total. The number of carboxylic acids is 1. The van der Waals surface area contributed by atoms with E-state index in [1.165, 1.54) is 18.3 Å². The van der Waals surface area contributed by atoms with Crippen LogP contribution < -0.4 is 10.7 Å². The Morgan fingerprint density at radius 3 is 2.62 bits per heavy atom. The van der Waals surface area contributed by atoms with Crippen LogP contribution in [0.15, 0.2) is 65.8 Å². The van der Waals surface area contributed by atoms with Gasteiger partial charge in [-0.15, -0.1) is 0 Å². The molecular weight excluding hydrogens is 350 g/mol. The van der Waals surface area contributed by atoms with E-state index < -0.39 is 5.97 Å². The number of aromatic hydroxyl groups is 1. The number of phenolic OH excluding ortho intramolecular Hbond substituents is 1. The number of anilines is 1. The summed E-state index contributed by atoms with van der Waals surface area (Å²) in [5, 5.41) is 28.2. The summed E-state index contributed by atoms with van der Waals surface area (Å²) in [5.41, 5.74) is 3.89. The van der Waals surface area contributed by atoms with Gasteiger partial charge in [0, 0.05) is 16.6 Å². The summed E-state index contributed by atoms with van der Waals surface area (Å²) >= 11 is 5.23. The summed E-state index contributed by atoms with van der Waals surface area (Å²) in [6.07, 6.45) is 1.36. The van der Waals surface area contributed by atoms with Crippen LogP contribution in [0.1, 0.15) is 15.9 Å². The molecule has 0 aromatic heterocycles. The SMILES string of the molecule is O=C(O)c1ccc(/C=N/NC(=S)Nc2cccc3ccccc23)c(O)c1. The zero-order valence-electron chi connectivity index (χ0n) is 13.5. The first-order valence-corrected chi connectivity index (χ1v) is 8.09. The largest absolute Gasteiger partial charge is 0.507 e. The van der Waals surface area contributed by atoms with Crippen molar-refractivity contribution in [2.45, 2.75) is 0 Å². The molecule has 0 saturated carbocycles. The van der Waals surface area contributed by atoms with E-state index in [0.717, 1.165) is 22.5 Å². The van der Waals surface area contributed by atoms with Gasteiger partial charge in [0.15, 0.2) is 5.11 Å². The molecule has 0 heterocycles. The number of rotatable bonds is 4. The predicted molar refractivity (Wildman–Crippen MR) is 106 cm³/mol. The summed E-state index contributed by atoms with van der Waals surface area (Å²) in [4.78, 5) is 10.9. The maximum absolute atomic E-state index is 10.9. The zero-order chi connectivity index (χ0) is 18.5. The molecule has 3 rings (SSSR count). The monoisotopic (exact) mass is 365 g/mol. The van der Waals surface area contributed by atoms with Gasteiger partial charge in [-0.2, -0.15) is 5.10 Å². The minimum Gasteiger partial charge on any atom is -0.507 e. The lowest BCUT2D eigenvalue weighted by Gasteiger charge is -2.10. The second-order valence-electron chi connectivity index (χ2n) is 5.43. The summed E-state index contributed by atoms with van der Waals surface area (Å²) in [5.74, 6) is -1.29. The van der Waals surface area contributed by atoms with Crippen molar-refractivity contribution in [3.05, 3.63) is 71.8 Å². The smallest absolute Gasteiger partial charge is 0.335 e. The maximum atomic E-state index is 10.9. The molecular formula is C19H15N3O3S. The fourth-order valence-electron chi connectivity index (χ4n) is 2.43. The van der Waals surface area contributed by atoms with Crippen LogP contribution in [0.25, 0.3) is 10.8 Å². The van der Waals surface area contributed by atoms with E-state index in [2.05, 4.69) is 15.8 Å². The Morgan fingerprint density at radius 1 is 1.08 bits per heavy atom. The van der Waals surface area contributed by atoms with Crippen molar-refractivity contribution < 1.29 is 15.0 Å². The number of carbonyl (C=O) groups is 1. The highest BCUT2D eigenvalue weighted by Crippen LogP contribution is 2.22. The number of nitrogens with one attached hydrogen (secondary N) is 2. The van der Waals surface area contributed by atoms with E-state index in [-0.39, 0.29) is 11.3 Å². The number of benzene rings is 3. The molecule has 0 bridgehead atoms. The summed E-state index contributed by atoms with van der Waals surface area (Å²) in [7, 11) is 0. The molecule has 0 radical (unpaired) electrons. The van der Waals surface area contributed by atoms with Crippen LogP contribution in [0, 0.1) is 0 Å². The number of phenols is 1. The van der Waals surface area contributed by atoms with Crippen LogP contribution in [0.2, 0.25) is 0 Å². The van der Waals surface area contributed by atoms with Crippen molar-refractivity contribution in [1.82, 2.24) is 5.43 Å². The van der Waals surface area contributed by atoms with Crippen molar-refractivity contribution in [2.75, 3.05) is 5.32 Å². The van der Waals surface area contributed by atoms with Gasteiger partial charge >= 0.3 is 5.97 Å². The van der Waals surface area contributed by atoms with Crippen LogP contribution in [-0.2, 0) is 0 Å². The average Bonchev–Trinajstić information content (AvgIpc) is 2.63. The number of hydrogen-bond acceptors (Lipinski definition) is 4. The van der Waals surface area contributed by atoms with Crippen molar-refractivity contribution in [3.8, 4) is 5.75 Å². The Hall–Kier alpha value is -3.45. The topological polar surface area (TPSA) is 94.0 Å². The van der Waals surface area contributed by atoms with Gasteiger partial charge in [0.1, 0.15) is 5.75 Å². The van der Waals surface area contributed by atoms with Gasteiger partial charge in [0.25, 0.3) is 0 Å². The molecule has 0 aliphatic rings. The van der Waals surface area contributed by atoms with Crippen LogP contribution in [-0.4, -0.2) is 27.5 Å². The van der Waals surface area contributed by atoms with Crippen molar-refractivity contribution in [1.29, 1.82) is 0 Å². The molecule has 7 heteroatoms. The molecule has 0 saturated heterocycles. The molecule has 0 amide bonds. The summed E-state index contributed by atoms with van der Waals surface area (Å²) < 4.78 is 0. The van der Waals surface area contributed by atoms with E-state index in [0.29, 0.717) is 10.7 Å². The Bertz CT molecular complexity index is 1010. The molecule has 26 heavy (non-hydrogen) atoms. The van der Waals surface area contributed by atoms with Gasteiger partial charge in [-0.1, -0.05) is 36.4 Å². The van der Waals surface area contributed by atoms with Gasteiger partial charge in [-0.05, 0) is 41.9 Å². The number of hydrogen-bond donors (Lipinski definition) is 4. The maximum Gasteiger partial charge on any atom is 0.335 e. The highest BCUT2D eigenvalue weighted by Gasteiger charge is 2.06. The Kier molecular flexibility index (Phi) is 5.09. The van der Waals surface area contributed by atoms with Crippen LogP contribution in [0.3, 0.4) is 0 Å². The van der Waals surface area contributed by atoms with Gasteiger partial charge < -0.3 is 15.5 Å². The number of nitrogens with zero attached hydrogens (tertiary/aromatic N) is 1. The van der Waals surface area contributed by atoms with Gasteiger partial charge in [-0.25, -0.2) is 4.79 Å². The molecule has 6 nitrogen and oxygen atoms in total. The quantitative estimate of drug-likeness (QED) is 0.321. The third-order valence-corrected chi connectivity index (χ3v) is 3.88. The lowest BCUT2D eigenvalue weighted by Crippen LogP contribution is -2.23. The normalized spacial score (nSPS) is 10.8. The minimum absolute atomic E-state index is 0.000697. The number of aromatic carboxylic acids is 1. The van der Waals surface area contributed by atoms with Crippen LogP contribution in [0.4, 0.5) is 5.69 Å². The Morgan fingerprint density at radius 2 is 1.85 bits per heavy atom. The van der Waals surface area contributed by atoms with E-state index in [9.17, 15) is 9.90 Å². The third kappa shape index (κ3) is 3.96. The molecule has 3 aromatic rings. The lowest BCUT2D eigenvalue weighted by molar-refractivity contribution is 0.0696. The summed E-state index contributed by atoms with van der Waals surface area (Å²) in [6.45, 7) is 0. The van der Waals surface area contributed by atoms with Gasteiger partial charge in [0.2, 0.25) is 0 Å². The molecule has 0 atom stereocenters. The Balaban J connectivity index is 1.67.